The Labute approximate surface area is 141 Å². The SMILES string of the molecule is O=C(O)[C@@H]1[C@@H](C(=O)N2CCN(c3ccccc3)CC2)[C@H]2CC[C@H]1O2. The van der Waals surface area contributed by atoms with Gasteiger partial charge in [-0.05, 0) is 25.0 Å². The topological polar surface area (TPSA) is 70.1 Å². The summed E-state index contributed by atoms with van der Waals surface area (Å²) in [5.74, 6) is -2.13. The van der Waals surface area contributed by atoms with Crippen LogP contribution in [0.2, 0.25) is 0 Å². The maximum absolute atomic E-state index is 12.9. The summed E-state index contributed by atoms with van der Waals surface area (Å²) in [6.45, 7) is 2.81. The number of piperazine rings is 1. The lowest BCUT2D eigenvalue weighted by atomic mass is 9.78. The molecule has 4 atom stereocenters. The molecule has 1 aromatic rings. The number of carboxylic acid groups (broad SMARTS) is 1. The number of carboxylic acids is 1. The van der Waals surface area contributed by atoms with Crippen LogP contribution in [0.15, 0.2) is 30.3 Å². The van der Waals surface area contributed by atoms with Crippen molar-refractivity contribution in [3.8, 4) is 0 Å². The van der Waals surface area contributed by atoms with Gasteiger partial charge in [-0.1, -0.05) is 18.2 Å². The minimum Gasteiger partial charge on any atom is -0.481 e. The van der Waals surface area contributed by atoms with Crippen LogP contribution in [0.25, 0.3) is 0 Å². The zero-order valence-electron chi connectivity index (χ0n) is 13.5. The normalized spacial score (nSPS) is 32.2. The first-order valence-corrected chi connectivity index (χ1v) is 8.62. The van der Waals surface area contributed by atoms with E-state index in [9.17, 15) is 14.7 Å². The Bertz CT molecular complexity index is 627. The van der Waals surface area contributed by atoms with Crippen LogP contribution in [-0.4, -0.2) is 60.3 Å². The molecule has 1 amide bonds. The van der Waals surface area contributed by atoms with E-state index < -0.39 is 17.8 Å². The predicted octanol–water partition coefficient (Wildman–Crippen LogP) is 1.21. The van der Waals surface area contributed by atoms with Crippen molar-refractivity contribution in [1.82, 2.24) is 4.90 Å². The number of carbonyl (C=O) groups excluding carboxylic acids is 1. The minimum atomic E-state index is -0.900. The molecule has 3 heterocycles. The van der Waals surface area contributed by atoms with Crippen LogP contribution >= 0.6 is 0 Å². The number of fused-ring (bicyclic) bond motifs is 2. The standard InChI is InChI=1S/C18H22N2O4/c21-17(15-13-6-7-14(24-13)16(15)18(22)23)20-10-8-19(9-11-20)12-4-2-1-3-5-12/h1-5,13-16H,6-11H2,(H,22,23)/t13-,14-,15+,16+/m1/s1. The summed E-state index contributed by atoms with van der Waals surface area (Å²) in [7, 11) is 0. The predicted molar refractivity (Wildman–Crippen MR) is 87.7 cm³/mol. The fourth-order valence-electron chi connectivity index (χ4n) is 4.34. The fourth-order valence-corrected chi connectivity index (χ4v) is 4.34. The van der Waals surface area contributed by atoms with Gasteiger partial charge in [-0.2, -0.15) is 0 Å². The summed E-state index contributed by atoms with van der Waals surface area (Å²) in [5, 5.41) is 9.48. The quantitative estimate of drug-likeness (QED) is 0.902. The van der Waals surface area contributed by atoms with Gasteiger partial charge >= 0.3 is 5.97 Å². The first-order valence-electron chi connectivity index (χ1n) is 8.62. The molecule has 1 aromatic carbocycles. The van der Waals surface area contributed by atoms with Gasteiger partial charge in [0.25, 0.3) is 0 Å². The number of nitrogens with zero attached hydrogens (tertiary/aromatic N) is 2. The van der Waals surface area contributed by atoms with Crippen molar-refractivity contribution >= 4 is 17.6 Å². The molecule has 0 aliphatic carbocycles. The Hall–Kier alpha value is -2.08. The number of hydrogen-bond acceptors (Lipinski definition) is 4. The van der Waals surface area contributed by atoms with E-state index in [1.807, 2.05) is 23.1 Å². The number of hydrogen-bond donors (Lipinski definition) is 1. The van der Waals surface area contributed by atoms with Gasteiger partial charge in [0.1, 0.15) is 0 Å². The number of rotatable bonds is 3. The first-order chi connectivity index (χ1) is 11.6. The van der Waals surface area contributed by atoms with Gasteiger partial charge in [-0.15, -0.1) is 0 Å². The smallest absolute Gasteiger partial charge is 0.310 e. The van der Waals surface area contributed by atoms with E-state index in [-0.39, 0.29) is 18.1 Å². The molecule has 6 heteroatoms. The molecule has 3 aliphatic heterocycles. The van der Waals surface area contributed by atoms with E-state index in [0.717, 1.165) is 31.6 Å². The molecular formula is C18H22N2O4. The van der Waals surface area contributed by atoms with Crippen molar-refractivity contribution in [3.63, 3.8) is 0 Å². The summed E-state index contributed by atoms with van der Waals surface area (Å²) in [6, 6.07) is 10.2. The molecular weight excluding hydrogens is 308 g/mol. The van der Waals surface area contributed by atoms with E-state index in [1.165, 1.54) is 0 Å². The molecule has 3 fully saturated rings. The Morgan fingerprint density at radius 3 is 2.21 bits per heavy atom. The minimum absolute atomic E-state index is 0.0395. The number of ether oxygens (including phenoxy) is 1. The second-order valence-electron chi connectivity index (χ2n) is 6.83. The van der Waals surface area contributed by atoms with E-state index in [4.69, 9.17) is 4.74 Å². The largest absolute Gasteiger partial charge is 0.481 e. The number of para-hydroxylation sites is 1. The molecule has 0 radical (unpaired) electrons. The molecule has 0 aromatic heterocycles. The van der Waals surface area contributed by atoms with Gasteiger partial charge in [0.05, 0.1) is 24.0 Å². The third-order valence-corrected chi connectivity index (χ3v) is 5.56. The van der Waals surface area contributed by atoms with E-state index in [1.54, 1.807) is 0 Å². The summed E-state index contributed by atoms with van der Waals surface area (Å²) >= 11 is 0. The van der Waals surface area contributed by atoms with Gasteiger partial charge in [-0.25, -0.2) is 0 Å². The van der Waals surface area contributed by atoms with Crippen molar-refractivity contribution in [1.29, 1.82) is 0 Å². The Morgan fingerprint density at radius 1 is 0.958 bits per heavy atom. The molecule has 3 saturated heterocycles. The van der Waals surface area contributed by atoms with E-state index in [2.05, 4.69) is 17.0 Å². The van der Waals surface area contributed by atoms with E-state index >= 15 is 0 Å². The van der Waals surface area contributed by atoms with Gasteiger partial charge < -0.3 is 19.6 Å². The highest BCUT2D eigenvalue weighted by molar-refractivity contribution is 5.86. The molecule has 0 spiro atoms. The van der Waals surface area contributed by atoms with Crippen LogP contribution in [0.3, 0.4) is 0 Å². The van der Waals surface area contributed by atoms with Crippen molar-refractivity contribution < 1.29 is 19.4 Å². The zero-order valence-corrected chi connectivity index (χ0v) is 13.5. The summed E-state index contributed by atoms with van der Waals surface area (Å²) in [4.78, 5) is 28.6. The second kappa shape index (κ2) is 6.09. The third kappa shape index (κ3) is 2.55. The van der Waals surface area contributed by atoms with Crippen LogP contribution in [0.1, 0.15) is 12.8 Å². The van der Waals surface area contributed by atoms with Crippen molar-refractivity contribution in [2.24, 2.45) is 11.8 Å². The fraction of sp³-hybridized carbons (Fsp3) is 0.556. The second-order valence-corrected chi connectivity index (χ2v) is 6.83. The Morgan fingerprint density at radius 2 is 1.58 bits per heavy atom. The average molecular weight is 330 g/mol. The van der Waals surface area contributed by atoms with Crippen molar-refractivity contribution in [2.75, 3.05) is 31.1 Å². The maximum Gasteiger partial charge on any atom is 0.310 e. The Kier molecular flexibility index (Phi) is 3.92. The van der Waals surface area contributed by atoms with Crippen molar-refractivity contribution in [2.45, 2.75) is 25.0 Å². The highest BCUT2D eigenvalue weighted by Crippen LogP contribution is 2.44. The maximum atomic E-state index is 12.9. The molecule has 6 nitrogen and oxygen atoms in total. The molecule has 3 aliphatic rings. The number of benzene rings is 1. The van der Waals surface area contributed by atoms with Gasteiger partial charge in [0.15, 0.2) is 0 Å². The highest BCUT2D eigenvalue weighted by atomic mass is 16.5. The van der Waals surface area contributed by atoms with Crippen LogP contribution in [0.4, 0.5) is 5.69 Å². The van der Waals surface area contributed by atoms with Crippen molar-refractivity contribution in [3.05, 3.63) is 30.3 Å². The number of amides is 1. The molecule has 128 valence electrons. The Balaban J connectivity index is 1.42. The molecule has 1 N–H and O–H groups in total. The van der Waals surface area contributed by atoms with E-state index in [0.29, 0.717) is 13.1 Å². The van der Waals surface area contributed by atoms with Crippen LogP contribution in [0, 0.1) is 11.8 Å². The third-order valence-electron chi connectivity index (χ3n) is 5.56. The van der Waals surface area contributed by atoms with Crippen LogP contribution in [-0.2, 0) is 14.3 Å². The summed E-state index contributed by atoms with van der Waals surface area (Å²) in [5.41, 5.74) is 1.16. The molecule has 24 heavy (non-hydrogen) atoms. The first kappa shape index (κ1) is 15.4. The van der Waals surface area contributed by atoms with Crippen LogP contribution in [0.5, 0.6) is 0 Å². The highest BCUT2D eigenvalue weighted by Gasteiger charge is 2.56. The number of carbonyl (C=O) groups is 2. The summed E-state index contributed by atoms with van der Waals surface area (Å²) < 4.78 is 5.72. The molecule has 2 bridgehead atoms. The number of anilines is 1. The lowest BCUT2D eigenvalue weighted by molar-refractivity contribution is -0.151. The van der Waals surface area contributed by atoms with Gasteiger partial charge in [0, 0.05) is 31.9 Å². The molecule has 0 unspecified atom stereocenters. The lowest BCUT2D eigenvalue weighted by Crippen LogP contribution is -2.53. The van der Waals surface area contributed by atoms with Gasteiger partial charge in [-0.3, -0.25) is 9.59 Å². The van der Waals surface area contributed by atoms with Crippen LogP contribution < -0.4 is 4.90 Å². The molecule has 0 saturated carbocycles. The average Bonchev–Trinajstić information content (AvgIpc) is 3.23. The molecule has 4 rings (SSSR count). The summed E-state index contributed by atoms with van der Waals surface area (Å²) in [6.07, 6.45) is 1.06. The van der Waals surface area contributed by atoms with Gasteiger partial charge in [0.2, 0.25) is 5.91 Å². The monoisotopic (exact) mass is 330 g/mol. The lowest BCUT2D eigenvalue weighted by Gasteiger charge is -2.38. The zero-order chi connectivity index (χ0) is 16.7. The number of aliphatic carboxylic acids is 1.